The number of carbonyl (C=O) groups is 5. The van der Waals surface area contributed by atoms with Crippen LogP contribution >= 0.6 is 0 Å². The third-order valence-corrected chi connectivity index (χ3v) is 7.15. The van der Waals surface area contributed by atoms with Crippen LogP contribution in [0.3, 0.4) is 0 Å². The molecule has 0 saturated carbocycles. The number of H-pyrrole nitrogens is 1. The maximum atomic E-state index is 13.3. The van der Waals surface area contributed by atoms with Crippen LogP contribution in [0.1, 0.15) is 37.8 Å². The van der Waals surface area contributed by atoms with Gasteiger partial charge in [0.25, 0.3) is 0 Å². The van der Waals surface area contributed by atoms with Crippen molar-refractivity contribution in [3.05, 3.63) is 71.9 Å². The first-order valence-electron chi connectivity index (χ1n) is 13.7. The van der Waals surface area contributed by atoms with Gasteiger partial charge in [0.2, 0.25) is 17.7 Å². The van der Waals surface area contributed by atoms with Gasteiger partial charge < -0.3 is 36.9 Å². The van der Waals surface area contributed by atoms with Crippen LogP contribution < -0.4 is 21.7 Å². The monoisotopic (exact) mass is 579 g/mol. The van der Waals surface area contributed by atoms with E-state index in [1.54, 1.807) is 44.3 Å². The zero-order chi connectivity index (χ0) is 30.8. The van der Waals surface area contributed by atoms with Crippen molar-refractivity contribution < 1.29 is 34.2 Å². The Bertz CT molecular complexity index is 1410. The van der Waals surface area contributed by atoms with Crippen LogP contribution in [0.25, 0.3) is 10.9 Å². The van der Waals surface area contributed by atoms with Gasteiger partial charge >= 0.3 is 11.9 Å². The van der Waals surface area contributed by atoms with Gasteiger partial charge in [0.15, 0.2) is 0 Å². The highest BCUT2D eigenvalue weighted by Crippen LogP contribution is 2.19. The van der Waals surface area contributed by atoms with Crippen LogP contribution in [-0.2, 0) is 36.8 Å². The summed E-state index contributed by atoms with van der Waals surface area (Å²) in [6.07, 6.45) is 1.53. The number of carboxylic acid groups (broad SMARTS) is 2. The number of aliphatic carboxylic acids is 2. The zero-order valence-electron chi connectivity index (χ0n) is 23.5. The van der Waals surface area contributed by atoms with Crippen molar-refractivity contribution in [2.24, 2.45) is 11.7 Å². The maximum Gasteiger partial charge on any atom is 0.326 e. The van der Waals surface area contributed by atoms with E-state index in [-0.39, 0.29) is 12.8 Å². The third-order valence-electron chi connectivity index (χ3n) is 7.15. The van der Waals surface area contributed by atoms with Crippen molar-refractivity contribution in [3.63, 3.8) is 0 Å². The molecule has 42 heavy (non-hydrogen) atoms. The van der Waals surface area contributed by atoms with Crippen LogP contribution in [0.5, 0.6) is 0 Å². The van der Waals surface area contributed by atoms with Gasteiger partial charge in [-0.05, 0) is 29.5 Å². The van der Waals surface area contributed by atoms with Crippen molar-refractivity contribution in [2.75, 3.05) is 0 Å². The van der Waals surface area contributed by atoms with E-state index < -0.39 is 66.2 Å². The van der Waals surface area contributed by atoms with Gasteiger partial charge in [0.05, 0.1) is 12.5 Å². The minimum atomic E-state index is -1.52. The Labute approximate surface area is 243 Å². The molecule has 0 radical (unpaired) electrons. The Hall–Kier alpha value is -4.71. The second-order valence-electron chi connectivity index (χ2n) is 10.3. The molecule has 3 amide bonds. The lowest BCUT2D eigenvalue weighted by atomic mass is 9.96. The molecule has 12 nitrogen and oxygen atoms in total. The predicted octanol–water partition coefficient (Wildman–Crippen LogP) is 1.34. The summed E-state index contributed by atoms with van der Waals surface area (Å²) in [5.41, 5.74) is 8.31. The zero-order valence-corrected chi connectivity index (χ0v) is 23.5. The summed E-state index contributed by atoms with van der Waals surface area (Å²) in [5.74, 6) is -5.42. The normalized spacial score (nSPS) is 14.6. The van der Waals surface area contributed by atoms with Gasteiger partial charge in [-0.2, -0.15) is 0 Å². The highest BCUT2D eigenvalue weighted by molar-refractivity contribution is 5.96. The van der Waals surface area contributed by atoms with Crippen molar-refractivity contribution in [3.8, 4) is 0 Å². The SMILES string of the molecule is CCC(C)C(NC(=O)C(CC(=O)O)NC(=O)C(N)Cc1ccccc1)C(=O)NC(Cc1c[nH]c2ccccc12)C(=O)O. The maximum absolute atomic E-state index is 13.3. The molecule has 3 rings (SSSR count). The number of aromatic amines is 1. The summed E-state index contributed by atoms with van der Waals surface area (Å²) in [4.78, 5) is 66.0. The summed E-state index contributed by atoms with van der Waals surface area (Å²) >= 11 is 0. The largest absolute Gasteiger partial charge is 0.481 e. The minimum Gasteiger partial charge on any atom is -0.481 e. The average Bonchev–Trinajstić information content (AvgIpc) is 3.37. The molecule has 5 atom stereocenters. The molecule has 2 aromatic carbocycles. The number of fused-ring (bicyclic) bond motifs is 1. The fourth-order valence-electron chi connectivity index (χ4n) is 4.56. The summed E-state index contributed by atoms with van der Waals surface area (Å²) in [6, 6.07) is 11.3. The number of rotatable bonds is 15. The molecule has 0 fully saturated rings. The van der Waals surface area contributed by atoms with Gasteiger partial charge in [0.1, 0.15) is 18.1 Å². The van der Waals surface area contributed by atoms with Gasteiger partial charge in [-0.1, -0.05) is 68.8 Å². The molecule has 224 valence electrons. The van der Waals surface area contributed by atoms with E-state index in [0.29, 0.717) is 12.0 Å². The molecule has 5 unspecified atom stereocenters. The van der Waals surface area contributed by atoms with Gasteiger partial charge in [-0.15, -0.1) is 0 Å². The van der Waals surface area contributed by atoms with E-state index in [2.05, 4.69) is 20.9 Å². The van der Waals surface area contributed by atoms with E-state index in [1.807, 2.05) is 30.3 Å². The molecule has 1 aromatic heterocycles. The standard InChI is InChI=1S/C30H37N5O7/c1-3-17(2)26(29(40)34-24(30(41)42)14-19-16-32-22-12-8-7-11-20(19)22)35-28(39)23(15-25(36)37)33-27(38)21(31)13-18-9-5-4-6-10-18/h4-12,16-17,21,23-24,26,32H,3,13-15,31H2,1-2H3,(H,33,38)(H,34,40)(H,35,39)(H,36,37)(H,41,42). The van der Waals surface area contributed by atoms with E-state index in [4.69, 9.17) is 5.73 Å². The number of para-hydroxylation sites is 1. The Kier molecular flexibility index (Phi) is 11.2. The number of nitrogens with two attached hydrogens (primary N) is 1. The highest BCUT2D eigenvalue weighted by atomic mass is 16.4. The molecule has 0 bridgehead atoms. The molecule has 1 heterocycles. The molecular formula is C30H37N5O7. The van der Waals surface area contributed by atoms with Crippen LogP contribution in [0, 0.1) is 5.92 Å². The molecule has 8 N–H and O–H groups in total. The van der Waals surface area contributed by atoms with E-state index >= 15 is 0 Å². The summed E-state index contributed by atoms with van der Waals surface area (Å²) < 4.78 is 0. The Morgan fingerprint density at radius 3 is 2.12 bits per heavy atom. The van der Waals surface area contributed by atoms with Crippen molar-refractivity contribution in [1.82, 2.24) is 20.9 Å². The first kappa shape index (κ1) is 31.8. The fourth-order valence-corrected chi connectivity index (χ4v) is 4.56. The molecular weight excluding hydrogens is 542 g/mol. The van der Waals surface area contributed by atoms with Crippen LogP contribution in [0.4, 0.5) is 0 Å². The quantitative estimate of drug-likeness (QED) is 0.140. The van der Waals surface area contributed by atoms with Gasteiger partial charge in [0, 0.05) is 23.5 Å². The Morgan fingerprint density at radius 1 is 0.833 bits per heavy atom. The second-order valence-corrected chi connectivity index (χ2v) is 10.3. The van der Waals surface area contributed by atoms with Crippen LogP contribution in [-0.4, -0.2) is 69.0 Å². The Balaban J connectivity index is 1.72. The average molecular weight is 580 g/mol. The lowest BCUT2D eigenvalue weighted by molar-refractivity contribution is -0.143. The van der Waals surface area contributed by atoms with Crippen molar-refractivity contribution >= 4 is 40.6 Å². The highest BCUT2D eigenvalue weighted by Gasteiger charge is 2.34. The number of carbonyl (C=O) groups excluding carboxylic acids is 3. The lowest BCUT2D eigenvalue weighted by Crippen LogP contribution is -2.59. The number of hydrogen-bond donors (Lipinski definition) is 7. The molecule has 0 saturated heterocycles. The summed E-state index contributed by atoms with van der Waals surface area (Å²) in [7, 11) is 0. The second kappa shape index (κ2) is 14.8. The number of carboxylic acids is 2. The number of benzene rings is 2. The minimum absolute atomic E-state index is 0.0107. The van der Waals surface area contributed by atoms with Crippen LogP contribution in [0.2, 0.25) is 0 Å². The topological polar surface area (TPSA) is 204 Å². The fraction of sp³-hybridized carbons (Fsp3) is 0.367. The Morgan fingerprint density at radius 2 is 1.48 bits per heavy atom. The summed E-state index contributed by atoms with van der Waals surface area (Å²) in [5, 5.41) is 27.5. The number of amides is 3. The molecule has 0 aliphatic rings. The van der Waals surface area contributed by atoms with Crippen LogP contribution in [0.15, 0.2) is 60.8 Å². The first-order valence-corrected chi connectivity index (χ1v) is 13.7. The molecule has 3 aromatic rings. The molecule has 0 spiro atoms. The smallest absolute Gasteiger partial charge is 0.326 e. The lowest BCUT2D eigenvalue weighted by Gasteiger charge is -2.27. The first-order chi connectivity index (χ1) is 20.0. The van der Waals surface area contributed by atoms with E-state index in [9.17, 15) is 34.2 Å². The van der Waals surface area contributed by atoms with E-state index in [0.717, 1.165) is 16.5 Å². The van der Waals surface area contributed by atoms with Crippen molar-refractivity contribution in [1.29, 1.82) is 0 Å². The van der Waals surface area contributed by atoms with Gasteiger partial charge in [-0.3, -0.25) is 19.2 Å². The summed E-state index contributed by atoms with van der Waals surface area (Å²) in [6.45, 7) is 3.48. The van der Waals surface area contributed by atoms with E-state index in [1.165, 1.54) is 0 Å². The molecule has 12 heteroatoms. The number of hydrogen-bond acceptors (Lipinski definition) is 6. The predicted molar refractivity (Wildman–Crippen MR) is 155 cm³/mol. The third kappa shape index (κ3) is 8.64. The number of aromatic nitrogens is 1. The van der Waals surface area contributed by atoms with Crippen molar-refractivity contribution in [2.45, 2.75) is 63.7 Å². The van der Waals surface area contributed by atoms with Gasteiger partial charge in [-0.25, -0.2) is 4.79 Å². The molecule has 0 aliphatic heterocycles. The number of nitrogens with one attached hydrogen (secondary N) is 4. The molecule has 0 aliphatic carbocycles.